The number of para-hydroxylation sites is 2. The maximum atomic E-state index is 13.0. The van der Waals surface area contributed by atoms with Crippen LogP contribution < -0.4 is 10.2 Å². The Morgan fingerprint density at radius 3 is 2.91 bits per heavy atom. The van der Waals surface area contributed by atoms with Gasteiger partial charge in [0.05, 0.1) is 28.5 Å². The number of carbonyl (C=O) groups is 1. The first kappa shape index (κ1) is 20.8. The van der Waals surface area contributed by atoms with Crippen molar-refractivity contribution in [1.29, 1.82) is 0 Å². The second-order valence-electron chi connectivity index (χ2n) is 8.73. The molecule has 5 rings (SSSR count). The van der Waals surface area contributed by atoms with Crippen LogP contribution in [0.2, 0.25) is 0 Å². The number of hydrogen-bond donors (Lipinski definition) is 2. The highest BCUT2D eigenvalue weighted by atomic mass is 19.4. The molecule has 2 fully saturated rings. The van der Waals surface area contributed by atoms with Gasteiger partial charge in [-0.3, -0.25) is 9.78 Å². The molecule has 1 aliphatic carbocycles. The molecule has 2 aromatic heterocycles. The van der Waals surface area contributed by atoms with Gasteiger partial charge in [0, 0.05) is 37.7 Å². The lowest BCUT2D eigenvalue weighted by Crippen LogP contribution is -2.48. The number of anilines is 1. The zero-order valence-corrected chi connectivity index (χ0v) is 17.4. The van der Waals surface area contributed by atoms with E-state index >= 15 is 0 Å². The number of carbonyl (C=O) groups excluding carboxylic acids is 1. The third kappa shape index (κ3) is 4.42. The fourth-order valence-electron chi connectivity index (χ4n) is 4.57. The minimum atomic E-state index is -4.42. The SMILES string of the molecule is O=C(C[C@@H]1C[C@@H]1c1nc2ccccc2[nH]1)N[C@@H]1CCCN(c2cncc(C(F)(F)F)c2)C1. The molecular formula is C23H24F3N5O. The van der Waals surface area contributed by atoms with Gasteiger partial charge in [0.15, 0.2) is 0 Å². The number of aromatic nitrogens is 3. The van der Waals surface area contributed by atoms with Crippen molar-refractivity contribution in [3.05, 3.63) is 54.1 Å². The summed E-state index contributed by atoms with van der Waals surface area (Å²) < 4.78 is 39.0. The van der Waals surface area contributed by atoms with E-state index in [1.807, 2.05) is 29.2 Å². The predicted molar refractivity (Wildman–Crippen MR) is 114 cm³/mol. The van der Waals surface area contributed by atoms with Crippen LogP contribution in [0.4, 0.5) is 18.9 Å². The molecule has 0 spiro atoms. The standard InChI is InChI=1S/C23H24F3N5O/c24-23(25,26)15-10-17(12-27-11-15)31-7-3-4-16(13-31)28-21(32)9-14-8-18(14)22-29-19-5-1-2-6-20(19)30-22/h1-2,5-6,10-12,14,16,18H,3-4,7-9,13H2,(H,28,32)(H,29,30)/t14-,16+,18-/m0/s1. The molecule has 6 nitrogen and oxygen atoms in total. The summed E-state index contributed by atoms with van der Waals surface area (Å²) in [6, 6.07) is 8.91. The van der Waals surface area contributed by atoms with E-state index in [1.165, 1.54) is 6.20 Å². The Morgan fingerprint density at radius 2 is 2.09 bits per heavy atom. The van der Waals surface area contributed by atoms with Crippen molar-refractivity contribution in [2.75, 3.05) is 18.0 Å². The highest BCUT2D eigenvalue weighted by Gasteiger charge is 2.42. The van der Waals surface area contributed by atoms with Gasteiger partial charge in [-0.05, 0) is 43.4 Å². The molecule has 2 aliphatic rings. The Morgan fingerprint density at radius 1 is 1.25 bits per heavy atom. The van der Waals surface area contributed by atoms with Crippen molar-refractivity contribution in [3.63, 3.8) is 0 Å². The van der Waals surface area contributed by atoms with E-state index in [0.29, 0.717) is 25.2 Å². The molecule has 0 bridgehead atoms. The lowest BCUT2D eigenvalue weighted by Gasteiger charge is -2.34. The minimum Gasteiger partial charge on any atom is -0.368 e. The van der Waals surface area contributed by atoms with Gasteiger partial charge >= 0.3 is 6.18 Å². The summed E-state index contributed by atoms with van der Waals surface area (Å²) in [4.78, 5) is 26.2. The Bertz CT molecular complexity index is 1100. The van der Waals surface area contributed by atoms with Gasteiger partial charge in [-0.15, -0.1) is 0 Å². The molecule has 0 radical (unpaired) electrons. The number of hydrogen-bond acceptors (Lipinski definition) is 4. The van der Waals surface area contributed by atoms with E-state index in [2.05, 4.69) is 20.3 Å². The number of H-pyrrole nitrogens is 1. The van der Waals surface area contributed by atoms with E-state index in [9.17, 15) is 18.0 Å². The lowest BCUT2D eigenvalue weighted by atomic mass is 10.0. The van der Waals surface area contributed by atoms with Gasteiger partial charge < -0.3 is 15.2 Å². The first-order chi connectivity index (χ1) is 15.4. The molecule has 1 amide bonds. The average Bonchev–Trinajstić information content (AvgIpc) is 3.39. The highest BCUT2D eigenvalue weighted by molar-refractivity contribution is 5.78. The molecular weight excluding hydrogens is 419 g/mol. The molecule has 32 heavy (non-hydrogen) atoms. The van der Waals surface area contributed by atoms with Crippen LogP contribution in [0.3, 0.4) is 0 Å². The summed E-state index contributed by atoms with van der Waals surface area (Å²) in [7, 11) is 0. The largest absolute Gasteiger partial charge is 0.417 e. The number of rotatable bonds is 5. The molecule has 3 atom stereocenters. The molecule has 2 N–H and O–H groups in total. The van der Waals surface area contributed by atoms with E-state index in [0.717, 1.165) is 48.4 Å². The number of piperidine rings is 1. The first-order valence-electron chi connectivity index (χ1n) is 10.9. The zero-order chi connectivity index (χ0) is 22.3. The summed E-state index contributed by atoms with van der Waals surface area (Å²) in [5, 5.41) is 3.08. The average molecular weight is 443 g/mol. The van der Waals surface area contributed by atoms with Crippen LogP contribution in [0.1, 0.15) is 43.0 Å². The number of amides is 1. The highest BCUT2D eigenvalue weighted by Crippen LogP contribution is 2.48. The van der Waals surface area contributed by atoms with E-state index in [1.54, 1.807) is 0 Å². The summed E-state index contributed by atoms with van der Waals surface area (Å²) in [5.74, 6) is 1.46. The molecule has 3 heterocycles. The summed E-state index contributed by atoms with van der Waals surface area (Å²) >= 11 is 0. The fourth-order valence-corrected chi connectivity index (χ4v) is 4.57. The second kappa shape index (κ2) is 8.11. The maximum Gasteiger partial charge on any atom is 0.417 e. The van der Waals surface area contributed by atoms with Gasteiger partial charge in [-0.1, -0.05) is 12.1 Å². The van der Waals surface area contributed by atoms with Crippen molar-refractivity contribution < 1.29 is 18.0 Å². The Labute approximate surface area is 183 Å². The summed E-state index contributed by atoms with van der Waals surface area (Å²) in [6.45, 7) is 1.12. The van der Waals surface area contributed by atoms with Crippen LogP contribution in [0.25, 0.3) is 11.0 Å². The fraction of sp³-hybridized carbons (Fsp3) is 0.435. The van der Waals surface area contributed by atoms with Gasteiger partial charge in [-0.25, -0.2) is 4.98 Å². The summed E-state index contributed by atoms with van der Waals surface area (Å²) in [6.07, 6.45) is 0.831. The third-order valence-electron chi connectivity index (χ3n) is 6.33. The summed E-state index contributed by atoms with van der Waals surface area (Å²) in [5.41, 5.74) is 1.62. The van der Waals surface area contributed by atoms with Gasteiger partial charge in [0.1, 0.15) is 5.82 Å². The quantitative estimate of drug-likeness (QED) is 0.618. The van der Waals surface area contributed by atoms with Crippen LogP contribution in [0, 0.1) is 5.92 Å². The number of nitrogens with zero attached hydrogens (tertiary/aromatic N) is 3. The van der Waals surface area contributed by atoms with Gasteiger partial charge in [0.2, 0.25) is 5.91 Å². The monoisotopic (exact) mass is 443 g/mol. The lowest BCUT2D eigenvalue weighted by molar-refractivity contribution is -0.137. The smallest absolute Gasteiger partial charge is 0.368 e. The van der Waals surface area contributed by atoms with E-state index in [-0.39, 0.29) is 23.8 Å². The third-order valence-corrected chi connectivity index (χ3v) is 6.33. The number of benzene rings is 1. The van der Waals surface area contributed by atoms with E-state index in [4.69, 9.17) is 0 Å². The number of fused-ring (bicyclic) bond motifs is 1. The van der Waals surface area contributed by atoms with Crippen molar-refractivity contribution in [2.24, 2.45) is 5.92 Å². The zero-order valence-electron chi connectivity index (χ0n) is 17.4. The Hall–Kier alpha value is -3.10. The normalized spacial score (nSPS) is 23.3. The van der Waals surface area contributed by atoms with Crippen molar-refractivity contribution in [3.8, 4) is 0 Å². The maximum absolute atomic E-state index is 13.0. The first-order valence-corrected chi connectivity index (χ1v) is 10.9. The number of imidazole rings is 1. The molecule has 1 saturated heterocycles. The molecule has 1 aliphatic heterocycles. The van der Waals surface area contributed by atoms with Gasteiger partial charge in [0.25, 0.3) is 0 Å². The minimum absolute atomic E-state index is 0.0115. The van der Waals surface area contributed by atoms with Crippen LogP contribution >= 0.6 is 0 Å². The number of pyridine rings is 1. The van der Waals surface area contributed by atoms with Crippen molar-refractivity contribution in [1.82, 2.24) is 20.3 Å². The van der Waals surface area contributed by atoms with E-state index < -0.39 is 11.7 Å². The molecule has 0 unspecified atom stereocenters. The molecule has 1 saturated carbocycles. The predicted octanol–water partition coefficient (Wildman–Crippen LogP) is 4.26. The van der Waals surface area contributed by atoms with Crippen LogP contribution in [-0.4, -0.2) is 40.0 Å². The van der Waals surface area contributed by atoms with Crippen molar-refractivity contribution in [2.45, 2.75) is 43.8 Å². The topological polar surface area (TPSA) is 73.9 Å². The number of alkyl halides is 3. The van der Waals surface area contributed by atoms with Crippen LogP contribution in [0.5, 0.6) is 0 Å². The second-order valence-corrected chi connectivity index (χ2v) is 8.73. The molecule has 1 aromatic carbocycles. The number of aromatic amines is 1. The molecule has 168 valence electrons. The van der Waals surface area contributed by atoms with Crippen LogP contribution in [-0.2, 0) is 11.0 Å². The van der Waals surface area contributed by atoms with Crippen LogP contribution in [0.15, 0.2) is 42.7 Å². The number of nitrogens with one attached hydrogen (secondary N) is 2. The van der Waals surface area contributed by atoms with Gasteiger partial charge in [-0.2, -0.15) is 13.2 Å². The Kier molecular flexibility index (Phi) is 5.27. The molecule has 9 heteroatoms. The van der Waals surface area contributed by atoms with Crippen molar-refractivity contribution >= 4 is 22.6 Å². The number of halogens is 3. The molecule has 3 aromatic rings. The Balaban J connectivity index is 1.16.